The molecule has 2 aromatic rings. The lowest BCUT2D eigenvalue weighted by atomic mass is 10.1. The zero-order chi connectivity index (χ0) is 17.5. The molecule has 0 radical (unpaired) electrons. The van der Waals surface area contributed by atoms with Crippen molar-refractivity contribution in [3.63, 3.8) is 0 Å². The van der Waals surface area contributed by atoms with Gasteiger partial charge in [0.15, 0.2) is 5.78 Å². The summed E-state index contributed by atoms with van der Waals surface area (Å²) in [6.45, 7) is 1.46. The van der Waals surface area contributed by atoms with Crippen molar-refractivity contribution in [2.45, 2.75) is 13.3 Å². The van der Waals surface area contributed by atoms with Gasteiger partial charge in [0.05, 0.1) is 11.3 Å². The van der Waals surface area contributed by atoms with E-state index in [9.17, 15) is 14.4 Å². The quantitative estimate of drug-likeness (QED) is 0.653. The van der Waals surface area contributed by atoms with E-state index in [4.69, 9.17) is 5.26 Å². The summed E-state index contributed by atoms with van der Waals surface area (Å²) < 4.78 is 0. The molecule has 0 fully saturated rings. The number of carbonyl (C=O) groups is 3. The number of benzene rings is 2. The van der Waals surface area contributed by atoms with Gasteiger partial charge >= 0.3 is 0 Å². The normalized spacial score (nSPS) is 9.67. The first kappa shape index (κ1) is 16.9. The van der Waals surface area contributed by atoms with Gasteiger partial charge in [-0.3, -0.25) is 14.4 Å². The lowest BCUT2D eigenvalue weighted by Gasteiger charge is -2.08. The summed E-state index contributed by atoms with van der Waals surface area (Å²) in [5.41, 5.74) is 1.73. The van der Waals surface area contributed by atoms with Crippen molar-refractivity contribution in [3.8, 4) is 6.07 Å². The van der Waals surface area contributed by atoms with Crippen LogP contribution in [0.3, 0.4) is 0 Å². The van der Waals surface area contributed by atoms with Crippen LogP contribution in [0.2, 0.25) is 0 Å². The van der Waals surface area contributed by atoms with Crippen LogP contribution < -0.4 is 10.6 Å². The predicted octanol–water partition coefficient (Wildman–Crippen LogP) is 2.73. The maximum Gasteiger partial charge on any atom is 0.233 e. The average Bonchev–Trinajstić information content (AvgIpc) is 2.55. The third kappa shape index (κ3) is 4.52. The zero-order valence-corrected chi connectivity index (χ0v) is 13.0. The molecule has 0 aromatic heterocycles. The molecule has 2 rings (SSSR count). The van der Waals surface area contributed by atoms with E-state index < -0.39 is 11.8 Å². The van der Waals surface area contributed by atoms with Crippen LogP contribution >= 0.6 is 0 Å². The van der Waals surface area contributed by atoms with E-state index in [1.165, 1.54) is 6.92 Å². The van der Waals surface area contributed by atoms with E-state index in [1.54, 1.807) is 48.5 Å². The van der Waals surface area contributed by atoms with Crippen molar-refractivity contribution < 1.29 is 14.4 Å². The van der Waals surface area contributed by atoms with Crippen molar-refractivity contribution >= 4 is 29.0 Å². The zero-order valence-electron chi connectivity index (χ0n) is 13.0. The second kappa shape index (κ2) is 7.70. The van der Waals surface area contributed by atoms with Gasteiger partial charge in [0.25, 0.3) is 0 Å². The Hall–Kier alpha value is -3.46. The highest BCUT2D eigenvalue weighted by Crippen LogP contribution is 2.14. The molecule has 0 aliphatic rings. The van der Waals surface area contributed by atoms with Crippen molar-refractivity contribution in [2.75, 3.05) is 10.6 Å². The van der Waals surface area contributed by atoms with Gasteiger partial charge in [0.1, 0.15) is 12.5 Å². The fourth-order valence-corrected chi connectivity index (χ4v) is 2.02. The van der Waals surface area contributed by atoms with E-state index in [2.05, 4.69) is 10.6 Å². The fraction of sp³-hybridized carbons (Fsp3) is 0.111. The Morgan fingerprint density at radius 2 is 1.58 bits per heavy atom. The van der Waals surface area contributed by atoms with E-state index >= 15 is 0 Å². The number of nitrogens with zero attached hydrogens (tertiary/aromatic N) is 1. The number of hydrogen-bond acceptors (Lipinski definition) is 4. The molecule has 0 spiro atoms. The molecule has 2 amide bonds. The van der Waals surface area contributed by atoms with Crippen LogP contribution in [0.1, 0.15) is 29.3 Å². The molecule has 0 heterocycles. The lowest BCUT2D eigenvalue weighted by Crippen LogP contribution is -2.21. The van der Waals surface area contributed by atoms with E-state index in [-0.39, 0.29) is 12.2 Å². The van der Waals surface area contributed by atoms with Gasteiger partial charge in [-0.05, 0) is 43.3 Å². The number of ketones is 1. The highest BCUT2D eigenvalue weighted by Gasteiger charge is 2.12. The average molecular weight is 321 g/mol. The SMILES string of the molecule is CC(=O)c1ccc(NC(=O)CC(=O)Nc2ccccc2C#N)cc1. The fourth-order valence-electron chi connectivity index (χ4n) is 2.02. The number of amides is 2. The number of nitrogens with one attached hydrogen (secondary N) is 2. The third-order valence-corrected chi connectivity index (χ3v) is 3.22. The van der Waals surface area contributed by atoms with Gasteiger partial charge in [-0.25, -0.2) is 0 Å². The highest BCUT2D eigenvalue weighted by atomic mass is 16.2. The first-order chi connectivity index (χ1) is 11.5. The molecule has 0 aliphatic carbocycles. The minimum absolute atomic E-state index is 0.0663. The molecule has 0 atom stereocenters. The Morgan fingerprint density at radius 3 is 2.21 bits per heavy atom. The summed E-state index contributed by atoms with van der Waals surface area (Å²) in [7, 11) is 0. The van der Waals surface area contributed by atoms with Crippen molar-refractivity contribution in [1.82, 2.24) is 0 Å². The first-order valence-electron chi connectivity index (χ1n) is 7.19. The van der Waals surface area contributed by atoms with Crippen LogP contribution in [0, 0.1) is 11.3 Å². The molecule has 0 saturated carbocycles. The molecule has 0 saturated heterocycles. The van der Waals surface area contributed by atoms with Crippen LogP contribution in [-0.2, 0) is 9.59 Å². The van der Waals surface area contributed by atoms with E-state index in [0.717, 1.165) is 0 Å². The molecular weight excluding hydrogens is 306 g/mol. The van der Waals surface area contributed by atoms with Crippen LogP contribution in [0.4, 0.5) is 11.4 Å². The topological polar surface area (TPSA) is 99.1 Å². The lowest BCUT2D eigenvalue weighted by molar-refractivity contribution is -0.123. The monoisotopic (exact) mass is 321 g/mol. The van der Waals surface area contributed by atoms with Crippen LogP contribution in [0.25, 0.3) is 0 Å². The minimum Gasteiger partial charge on any atom is -0.326 e. The minimum atomic E-state index is -0.518. The van der Waals surface area contributed by atoms with Gasteiger partial charge in [-0.15, -0.1) is 0 Å². The second-order valence-corrected chi connectivity index (χ2v) is 5.06. The Morgan fingerprint density at radius 1 is 0.958 bits per heavy atom. The van der Waals surface area contributed by atoms with E-state index in [0.29, 0.717) is 22.5 Å². The summed E-state index contributed by atoms with van der Waals surface area (Å²) in [6.07, 6.45) is -0.381. The first-order valence-corrected chi connectivity index (χ1v) is 7.19. The molecule has 0 bridgehead atoms. The molecule has 2 N–H and O–H groups in total. The van der Waals surface area contributed by atoms with Crippen molar-refractivity contribution in [1.29, 1.82) is 5.26 Å². The summed E-state index contributed by atoms with van der Waals surface area (Å²) >= 11 is 0. The van der Waals surface area contributed by atoms with Gasteiger partial charge in [-0.1, -0.05) is 12.1 Å². The molecule has 0 unspecified atom stereocenters. The highest BCUT2D eigenvalue weighted by molar-refractivity contribution is 6.08. The van der Waals surface area contributed by atoms with Crippen LogP contribution in [0.15, 0.2) is 48.5 Å². The molecule has 6 heteroatoms. The summed E-state index contributed by atoms with van der Waals surface area (Å²) in [5, 5.41) is 14.1. The smallest absolute Gasteiger partial charge is 0.233 e. The van der Waals surface area contributed by atoms with E-state index in [1.807, 2.05) is 6.07 Å². The predicted molar refractivity (Wildman–Crippen MR) is 89.5 cm³/mol. The number of anilines is 2. The largest absolute Gasteiger partial charge is 0.326 e. The van der Waals surface area contributed by atoms with Crippen molar-refractivity contribution in [2.24, 2.45) is 0 Å². The Kier molecular flexibility index (Phi) is 5.42. The standard InChI is InChI=1S/C18H15N3O3/c1-12(22)13-6-8-15(9-7-13)20-17(23)10-18(24)21-16-5-3-2-4-14(16)11-19/h2-9H,10H2,1H3,(H,20,23)(H,21,24). The summed E-state index contributed by atoms with van der Waals surface area (Å²) in [5.74, 6) is -1.07. The number of para-hydroxylation sites is 1. The second-order valence-electron chi connectivity index (χ2n) is 5.06. The number of hydrogen-bond donors (Lipinski definition) is 2. The maximum absolute atomic E-state index is 11.9. The number of carbonyl (C=O) groups excluding carboxylic acids is 3. The molecule has 24 heavy (non-hydrogen) atoms. The number of rotatable bonds is 5. The summed E-state index contributed by atoms with van der Waals surface area (Å²) in [6, 6.07) is 14.9. The Labute approximate surface area is 139 Å². The number of Topliss-reactive ketones (excluding diaryl/α,β-unsaturated/α-hetero) is 1. The Balaban J connectivity index is 1.93. The third-order valence-electron chi connectivity index (χ3n) is 3.22. The molecule has 2 aromatic carbocycles. The maximum atomic E-state index is 11.9. The number of nitriles is 1. The van der Waals surface area contributed by atoms with Gasteiger partial charge < -0.3 is 10.6 Å². The molecule has 6 nitrogen and oxygen atoms in total. The summed E-state index contributed by atoms with van der Waals surface area (Å²) in [4.78, 5) is 35.0. The van der Waals surface area contributed by atoms with Gasteiger partial charge in [0, 0.05) is 11.3 Å². The van der Waals surface area contributed by atoms with Crippen LogP contribution in [0.5, 0.6) is 0 Å². The molecule has 0 aliphatic heterocycles. The van der Waals surface area contributed by atoms with Crippen LogP contribution in [-0.4, -0.2) is 17.6 Å². The molecule has 120 valence electrons. The van der Waals surface area contributed by atoms with Gasteiger partial charge in [-0.2, -0.15) is 5.26 Å². The van der Waals surface area contributed by atoms with Crippen molar-refractivity contribution in [3.05, 3.63) is 59.7 Å². The van der Waals surface area contributed by atoms with Gasteiger partial charge in [0.2, 0.25) is 11.8 Å². The Bertz CT molecular complexity index is 820. The molecular formula is C18H15N3O3.